The average molecular weight is 169 g/mol. The van der Waals surface area contributed by atoms with E-state index >= 15 is 0 Å². The molecule has 1 unspecified atom stereocenters. The second-order valence-corrected chi connectivity index (χ2v) is 4.06. The van der Waals surface area contributed by atoms with Gasteiger partial charge in [0.15, 0.2) is 0 Å². The average Bonchev–Trinajstić information content (AvgIpc) is 2.40. The van der Waals surface area contributed by atoms with Crippen molar-refractivity contribution in [1.82, 2.24) is 4.98 Å². The quantitative estimate of drug-likeness (QED) is 0.676. The molecule has 0 saturated carbocycles. The minimum atomic E-state index is 0.662. The molecule has 0 aliphatic heterocycles. The lowest BCUT2D eigenvalue weighted by Gasteiger charge is -2.15. The van der Waals surface area contributed by atoms with E-state index in [1.165, 1.54) is 11.4 Å². The fourth-order valence-corrected chi connectivity index (χ4v) is 2.35. The molecule has 0 saturated heterocycles. The zero-order chi connectivity index (χ0) is 8.27. The third-order valence-electron chi connectivity index (χ3n) is 2.01. The van der Waals surface area contributed by atoms with E-state index in [1.807, 2.05) is 6.20 Å². The number of aromatic nitrogens is 1. The molecule has 1 atom stereocenters. The highest BCUT2D eigenvalue weighted by atomic mass is 32.1. The van der Waals surface area contributed by atoms with Crippen LogP contribution in [0.15, 0.2) is 11.6 Å². The van der Waals surface area contributed by atoms with Gasteiger partial charge in [0.1, 0.15) is 0 Å². The maximum absolute atomic E-state index is 4.33. The van der Waals surface area contributed by atoms with Crippen molar-refractivity contribution in [2.45, 2.75) is 33.1 Å². The van der Waals surface area contributed by atoms with Gasteiger partial charge in [-0.3, -0.25) is 0 Å². The first-order valence-corrected chi connectivity index (χ1v) is 5.03. The van der Waals surface area contributed by atoms with Crippen molar-refractivity contribution in [3.63, 3.8) is 0 Å². The molecule has 1 heterocycles. The molecule has 0 aromatic carbocycles. The van der Waals surface area contributed by atoms with Crippen LogP contribution in [-0.4, -0.2) is 4.98 Å². The molecule has 11 heavy (non-hydrogen) atoms. The van der Waals surface area contributed by atoms with Crippen LogP contribution in [-0.2, 0) is 0 Å². The predicted octanol–water partition coefficient (Wildman–Crippen LogP) is 3.29. The van der Waals surface area contributed by atoms with Crippen LogP contribution in [0.1, 0.15) is 38.1 Å². The minimum Gasteiger partial charge on any atom is -0.249 e. The number of hydrogen-bond acceptors (Lipinski definition) is 2. The van der Waals surface area contributed by atoms with E-state index in [0.717, 1.165) is 0 Å². The Kier molecular flexibility index (Phi) is 3.06. The number of thiazole rings is 1. The van der Waals surface area contributed by atoms with E-state index < -0.39 is 0 Å². The van der Waals surface area contributed by atoms with E-state index in [4.69, 9.17) is 0 Å². The maximum atomic E-state index is 4.33. The minimum absolute atomic E-state index is 0.662. The molecule has 0 radical (unpaired) electrons. The zero-order valence-corrected chi connectivity index (χ0v) is 8.19. The molecule has 0 aliphatic rings. The summed E-state index contributed by atoms with van der Waals surface area (Å²) in [5.74, 6) is 1.38. The molecular formula is C9H15NS. The van der Waals surface area contributed by atoms with Crippen molar-refractivity contribution in [2.75, 3.05) is 0 Å². The molecule has 1 rings (SSSR count). The molecule has 0 fully saturated rings. The third kappa shape index (κ3) is 2.03. The van der Waals surface area contributed by atoms with E-state index in [-0.39, 0.29) is 0 Å². The first-order valence-electron chi connectivity index (χ1n) is 4.15. The molecule has 0 amide bonds. The Hall–Kier alpha value is -0.370. The monoisotopic (exact) mass is 169 g/mol. The Morgan fingerprint density at radius 1 is 1.55 bits per heavy atom. The summed E-state index contributed by atoms with van der Waals surface area (Å²) in [6.45, 7) is 6.75. The smallest absolute Gasteiger partial charge is 0.0958 e. The molecule has 0 N–H and O–H groups in total. The number of nitrogens with zero attached hydrogens (tertiary/aromatic N) is 1. The second-order valence-electron chi connectivity index (χ2n) is 3.13. The summed E-state index contributed by atoms with van der Waals surface area (Å²) in [6, 6.07) is 0. The van der Waals surface area contributed by atoms with Crippen molar-refractivity contribution >= 4 is 11.3 Å². The molecular weight excluding hydrogens is 154 g/mol. The van der Waals surface area contributed by atoms with Crippen LogP contribution in [0.4, 0.5) is 0 Å². The van der Waals surface area contributed by atoms with Gasteiger partial charge in [0.05, 0.1) is 5.01 Å². The topological polar surface area (TPSA) is 12.9 Å². The van der Waals surface area contributed by atoms with Gasteiger partial charge in [0, 0.05) is 17.5 Å². The van der Waals surface area contributed by atoms with Gasteiger partial charge >= 0.3 is 0 Å². The highest BCUT2D eigenvalue weighted by Crippen LogP contribution is 2.28. The zero-order valence-electron chi connectivity index (χ0n) is 7.37. The lowest BCUT2D eigenvalue weighted by molar-refractivity contribution is 0.483. The van der Waals surface area contributed by atoms with Gasteiger partial charge in [-0.25, -0.2) is 4.98 Å². The SMILES string of the molecule is CCC(c1nccs1)C(C)C. The summed E-state index contributed by atoms with van der Waals surface area (Å²) < 4.78 is 0. The molecule has 1 aromatic rings. The van der Waals surface area contributed by atoms with Crippen LogP contribution < -0.4 is 0 Å². The second kappa shape index (κ2) is 3.86. The standard InChI is InChI=1S/C9H15NS/c1-4-8(7(2)3)9-10-5-6-11-9/h5-8H,4H2,1-3H3. The van der Waals surface area contributed by atoms with Gasteiger partial charge in [-0.2, -0.15) is 0 Å². The summed E-state index contributed by atoms with van der Waals surface area (Å²) in [5.41, 5.74) is 0. The maximum Gasteiger partial charge on any atom is 0.0958 e. The Balaban J connectivity index is 2.71. The van der Waals surface area contributed by atoms with E-state index in [0.29, 0.717) is 11.8 Å². The van der Waals surface area contributed by atoms with Crippen molar-refractivity contribution < 1.29 is 0 Å². The van der Waals surface area contributed by atoms with E-state index in [2.05, 4.69) is 31.1 Å². The molecule has 0 bridgehead atoms. The Labute approximate surface area is 72.5 Å². The Morgan fingerprint density at radius 3 is 2.64 bits per heavy atom. The summed E-state index contributed by atoms with van der Waals surface area (Å²) in [5, 5.41) is 3.35. The highest BCUT2D eigenvalue weighted by molar-refractivity contribution is 7.09. The molecule has 2 heteroatoms. The van der Waals surface area contributed by atoms with Crippen molar-refractivity contribution in [2.24, 2.45) is 5.92 Å². The third-order valence-corrected chi connectivity index (χ3v) is 2.92. The van der Waals surface area contributed by atoms with E-state index in [9.17, 15) is 0 Å². The van der Waals surface area contributed by atoms with Gasteiger partial charge < -0.3 is 0 Å². The predicted molar refractivity (Wildman–Crippen MR) is 50.0 cm³/mol. The van der Waals surface area contributed by atoms with Gasteiger partial charge in [0.2, 0.25) is 0 Å². The van der Waals surface area contributed by atoms with Gasteiger partial charge in [-0.15, -0.1) is 11.3 Å². The Bertz CT molecular complexity index is 191. The number of hydrogen-bond donors (Lipinski definition) is 0. The summed E-state index contributed by atoms with van der Waals surface area (Å²) >= 11 is 1.77. The van der Waals surface area contributed by atoms with Crippen molar-refractivity contribution in [3.8, 4) is 0 Å². The summed E-state index contributed by atoms with van der Waals surface area (Å²) in [6.07, 6.45) is 3.09. The van der Waals surface area contributed by atoms with Crippen LogP contribution in [0.2, 0.25) is 0 Å². The van der Waals surface area contributed by atoms with Crippen LogP contribution in [0, 0.1) is 5.92 Å². The lowest BCUT2D eigenvalue weighted by Crippen LogP contribution is -2.04. The molecule has 0 aliphatic carbocycles. The van der Waals surface area contributed by atoms with Gasteiger partial charge in [-0.1, -0.05) is 20.8 Å². The van der Waals surface area contributed by atoms with Crippen LogP contribution >= 0.6 is 11.3 Å². The fourth-order valence-electron chi connectivity index (χ4n) is 1.35. The van der Waals surface area contributed by atoms with Crippen molar-refractivity contribution in [1.29, 1.82) is 0 Å². The normalized spacial score (nSPS) is 13.8. The highest BCUT2D eigenvalue weighted by Gasteiger charge is 2.15. The summed E-state index contributed by atoms with van der Waals surface area (Å²) in [4.78, 5) is 4.33. The molecule has 62 valence electrons. The van der Waals surface area contributed by atoms with E-state index in [1.54, 1.807) is 11.3 Å². The fraction of sp³-hybridized carbons (Fsp3) is 0.667. The first kappa shape index (κ1) is 8.72. The number of rotatable bonds is 3. The molecule has 1 aromatic heterocycles. The van der Waals surface area contributed by atoms with Gasteiger partial charge in [0.25, 0.3) is 0 Å². The first-order chi connectivity index (χ1) is 5.25. The van der Waals surface area contributed by atoms with Gasteiger partial charge in [-0.05, 0) is 12.3 Å². The van der Waals surface area contributed by atoms with Crippen LogP contribution in [0.25, 0.3) is 0 Å². The summed E-state index contributed by atoms with van der Waals surface area (Å²) in [7, 11) is 0. The van der Waals surface area contributed by atoms with Crippen LogP contribution in [0.3, 0.4) is 0 Å². The Morgan fingerprint density at radius 2 is 2.27 bits per heavy atom. The van der Waals surface area contributed by atoms with Crippen LogP contribution in [0.5, 0.6) is 0 Å². The molecule has 1 nitrogen and oxygen atoms in total. The molecule has 0 spiro atoms. The largest absolute Gasteiger partial charge is 0.249 e. The van der Waals surface area contributed by atoms with Crippen molar-refractivity contribution in [3.05, 3.63) is 16.6 Å². The lowest BCUT2D eigenvalue weighted by atomic mass is 9.94.